The molecule has 6 rings (SSSR count). The summed E-state index contributed by atoms with van der Waals surface area (Å²) in [6, 6.07) is 16.7. The van der Waals surface area contributed by atoms with E-state index in [1.54, 1.807) is 35.9 Å². The van der Waals surface area contributed by atoms with E-state index in [4.69, 9.17) is 18.9 Å². The number of aromatic nitrogens is 2. The first-order valence-corrected chi connectivity index (χ1v) is 13.0. The number of pyridine rings is 2. The van der Waals surface area contributed by atoms with Crippen molar-refractivity contribution in [1.29, 1.82) is 0 Å². The van der Waals surface area contributed by atoms with Crippen LogP contribution in [0.3, 0.4) is 0 Å². The standard InChI is InChI=1S/C15H16N2O4.C14H13NO5/c1-16-15(19)11-8-13(18)17(9-14-20-6-7-21-14)12-5-3-2-4-10(11)12;16-12-7-10(14(17)18)9-3-1-2-4-11(9)15(12)8-13-19-5-6-20-13/h2-5,8,14H,6-7,9H2,1H3,(H,16,19);1-4,7,13H,5-6,8H2,(H,17,18). The van der Waals surface area contributed by atoms with Crippen LogP contribution in [0.1, 0.15) is 20.7 Å². The lowest BCUT2D eigenvalue weighted by Crippen LogP contribution is -2.29. The van der Waals surface area contributed by atoms with Crippen LogP contribution in [0.5, 0.6) is 0 Å². The van der Waals surface area contributed by atoms with E-state index < -0.39 is 18.5 Å². The third-order valence-corrected chi connectivity index (χ3v) is 6.78. The van der Waals surface area contributed by atoms with Gasteiger partial charge in [0, 0.05) is 30.0 Å². The summed E-state index contributed by atoms with van der Waals surface area (Å²) in [6.45, 7) is 2.64. The molecule has 41 heavy (non-hydrogen) atoms. The summed E-state index contributed by atoms with van der Waals surface area (Å²) in [5, 5.41) is 13.0. The minimum absolute atomic E-state index is 0.00936. The lowest BCUT2D eigenvalue weighted by molar-refractivity contribution is -0.0525. The number of aromatic carboxylic acids is 1. The van der Waals surface area contributed by atoms with Crippen LogP contribution < -0.4 is 16.4 Å². The Morgan fingerprint density at radius 3 is 1.61 bits per heavy atom. The number of hydrogen-bond acceptors (Lipinski definition) is 8. The van der Waals surface area contributed by atoms with Crippen LogP contribution in [0, 0.1) is 0 Å². The molecule has 214 valence electrons. The summed E-state index contributed by atoms with van der Waals surface area (Å²) < 4.78 is 24.5. The summed E-state index contributed by atoms with van der Waals surface area (Å²) in [5.74, 6) is -1.39. The second-order valence-electron chi connectivity index (χ2n) is 9.27. The van der Waals surface area contributed by atoms with Crippen molar-refractivity contribution in [1.82, 2.24) is 14.5 Å². The van der Waals surface area contributed by atoms with Crippen LogP contribution in [-0.4, -0.2) is 72.2 Å². The van der Waals surface area contributed by atoms with Crippen molar-refractivity contribution < 1.29 is 33.6 Å². The zero-order valence-electron chi connectivity index (χ0n) is 22.3. The number of para-hydroxylation sites is 2. The van der Waals surface area contributed by atoms with Gasteiger partial charge in [-0.1, -0.05) is 36.4 Å². The monoisotopic (exact) mass is 563 g/mol. The van der Waals surface area contributed by atoms with Crippen LogP contribution in [-0.2, 0) is 32.0 Å². The predicted molar refractivity (Wildman–Crippen MR) is 148 cm³/mol. The maximum absolute atomic E-state index is 12.3. The van der Waals surface area contributed by atoms with Crippen molar-refractivity contribution in [3.05, 3.63) is 92.5 Å². The molecule has 0 saturated carbocycles. The zero-order chi connectivity index (χ0) is 28.9. The van der Waals surface area contributed by atoms with Gasteiger partial charge in [0.05, 0.1) is 61.7 Å². The minimum Gasteiger partial charge on any atom is -0.478 e. The molecule has 0 atom stereocenters. The van der Waals surface area contributed by atoms with Gasteiger partial charge in [0.1, 0.15) is 0 Å². The predicted octanol–water partition coefficient (Wildman–Crippen LogP) is 1.81. The number of rotatable bonds is 6. The fourth-order valence-electron chi connectivity index (χ4n) is 4.87. The van der Waals surface area contributed by atoms with Gasteiger partial charge in [0.2, 0.25) is 0 Å². The quantitative estimate of drug-likeness (QED) is 0.358. The molecule has 2 fully saturated rings. The highest BCUT2D eigenvalue weighted by Gasteiger charge is 2.21. The van der Waals surface area contributed by atoms with E-state index in [-0.39, 0.29) is 29.1 Å². The van der Waals surface area contributed by atoms with E-state index in [9.17, 15) is 24.3 Å². The fraction of sp³-hybridized carbons (Fsp3) is 0.310. The second-order valence-corrected chi connectivity index (χ2v) is 9.27. The zero-order valence-corrected chi connectivity index (χ0v) is 22.3. The average Bonchev–Trinajstić information content (AvgIpc) is 3.70. The van der Waals surface area contributed by atoms with Crippen LogP contribution in [0.2, 0.25) is 0 Å². The molecule has 2 saturated heterocycles. The summed E-state index contributed by atoms with van der Waals surface area (Å²) in [7, 11) is 1.54. The molecule has 4 aromatic rings. The van der Waals surface area contributed by atoms with Crippen molar-refractivity contribution in [3.8, 4) is 0 Å². The number of hydrogen-bond donors (Lipinski definition) is 2. The van der Waals surface area contributed by atoms with Crippen molar-refractivity contribution in [2.24, 2.45) is 0 Å². The van der Waals surface area contributed by atoms with Gasteiger partial charge in [-0.2, -0.15) is 0 Å². The first-order chi connectivity index (χ1) is 19.9. The highest BCUT2D eigenvalue weighted by molar-refractivity contribution is 6.06. The first kappa shape index (κ1) is 28.2. The molecule has 1 amide bonds. The van der Waals surface area contributed by atoms with Crippen LogP contribution in [0.25, 0.3) is 21.8 Å². The summed E-state index contributed by atoms with van der Waals surface area (Å²) in [6.07, 6.45) is -0.885. The van der Waals surface area contributed by atoms with Gasteiger partial charge in [0.25, 0.3) is 17.0 Å². The third-order valence-electron chi connectivity index (χ3n) is 6.78. The van der Waals surface area contributed by atoms with E-state index in [2.05, 4.69) is 5.32 Å². The van der Waals surface area contributed by atoms with Gasteiger partial charge < -0.3 is 38.5 Å². The number of carbonyl (C=O) groups excluding carboxylic acids is 1. The lowest BCUT2D eigenvalue weighted by Gasteiger charge is -2.15. The molecule has 2 aliphatic heterocycles. The van der Waals surface area contributed by atoms with Crippen molar-refractivity contribution in [2.45, 2.75) is 25.7 Å². The van der Waals surface area contributed by atoms with Gasteiger partial charge >= 0.3 is 5.97 Å². The van der Waals surface area contributed by atoms with Gasteiger partial charge in [-0.3, -0.25) is 14.4 Å². The molecule has 0 aliphatic carbocycles. The van der Waals surface area contributed by atoms with Gasteiger partial charge in [0.15, 0.2) is 12.6 Å². The molecule has 2 aromatic heterocycles. The lowest BCUT2D eigenvalue weighted by atomic mass is 10.1. The molecule has 2 N–H and O–H groups in total. The summed E-state index contributed by atoms with van der Waals surface area (Å²) >= 11 is 0. The number of carbonyl (C=O) groups is 2. The number of fused-ring (bicyclic) bond motifs is 2. The molecule has 4 heterocycles. The summed E-state index contributed by atoms with van der Waals surface area (Å²) in [4.78, 5) is 47.6. The van der Waals surface area contributed by atoms with Crippen LogP contribution in [0.4, 0.5) is 0 Å². The Balaban J connectivity index is 0.000000165. The molecule has 0 radical (unpaired) electrons. The maximum atomic E-state index is 12.3. The Labute approximate surface area is 233 Å². The fourth-order valence-corrected chi connectivity index (χ4v) is 4.87. The largest absolute Gasteiger partial charge is 0.478 e. The Morgan fingerprint density at radius 2 is 1.17 bits per heavy atom. The number of carboxylic acid groups (broad SMARTS) is 1. The number of nitrogens with zero attached hydrogens (tertiary/aromatic N) is 2. The van der Waals surface area contributed by atoms with Crippen LogP contribution >= 0.6 is 0 Å². The Kier molecular flexibility index (Phi) is 8.55. The van der Waals surface area contributed by atoms with E-state index >= 15 is 0 Å². The van der Waals surface area contributed by atoms with Gasteiger partial charge in [-0.25, -0.2) is 4.79 Å². The minimum atomic E-state index is -1.11. The van der Waals surface area contributed by atoms with Crippen molar-refractivity contribution in [2.75, 3.05) is 33.5 Å². The summed E-state index contributed by atoms with van der Waals surface area (Å²) in [5.41, 5.74) is 1.03. The van der Waals surface area contributed by atoms with E-state index in [1.165, 1.54) is 10.6 Å². The van der Waals surface area contributed by atoms with Gasteiger partial charge in [-0.15, -0.1) is 0 Å². The SMILES string of the molecule is CNC(=O)c1cc(=O)n(CC2OCCO2)c2ccccc12.O=C(O)c1cc(=O)n(CC2OCCO2)c2ccccc12. The molecule has 2 aromatic carbocycles. The topological polar surface area (TPSA) is 147 Å². The number of ether oxygens (including phenoxy) is 4. The van der Waals surface area contributed by atoms with Crippen LogP contribution in [0.15, 0.2) is 70.3 Å². The van der Waals surface area contributed by atoms with Gasteiger partial charge in [-0.05, 0) is 12.1 Å². The molecule has 0 unspecified atom stereocenters. The molecule has 12 nitrogen and oxygen atoms in total. The molecular formula is C29H29N3O9. The number of benzene rings is 2. The highest BCUT2D eigenvalue weighted by Crippen LogP contribution is 2.20. The normalized spacial score (nSPS) is 15.6. The molecule has 0 bridgehead atoms. The molecule has 12 heteroatoms. The molecule has 0 spiro atoms. The number of carboxylic acids is 1. The average molecular weight is 564 g/mol. The Bertz CT molecular complexity index is 1700. The third kappa shape index (κ3) is 6.05. The highest BCUT2D eigenvalue weighted by atomic mass is 16.7. The number of nitrogens with one attached hydrogen (secondary N) is 1. The molecule has 2 aliphatic rings. The Hall–Kier alpha value is -4.36. The maximum Gasteiger partial charge on any atom is 0.336 e. The first-order valence-electron chi connectivity index (χ1n) is 13.0. The second kappa shape index (κ2) is 12.4. The Morgan fingerprint density at radius 1 is 0.756 bits per heavy atom. The number of amides is 1. The van der Waals surface area contributed by atoms with E-state index in [0.29, 0.717) is 55.0 Å². The van der Waals surface area contributed by atoms with Crippen molar-refractivity contribution in [3.63, 3.8) is 0 Å². The smallest absolute Gasteiger partial charge is 0.336 e. The van der Waals surface area contributed by atoms with Crippen molar-refractivity contribution >= 4 is 33.7 Å². The van der Waals surface area contributed by atoms with E-state index in [1.807, 2.05) is 24.3 Å². The molecular weight excluding hydrogens is 534 g/mol. The van der Waals surface area contributed by atoms with E-state index in [0.717, 1.165) is 11.5 Å².